The summed E-state index contributed by atoms with van der Waals surface area (Å²) in [4.78, 5) is 15.1. The molecular weight excluding hydrogens is 781 g/mol. The highest BCUT2D eigenvalue weighted by molar-refractivity contribution is 6.40. The molecule has 9 aromatic carbocycles. The number of fused-ring (bicyclic) bond motifs is 12. The third-order valence-electron chi connectivity index (χ3n) is 12.7. The lowest BCUT2D eigenvalue weighted by Gasteiger charge is -2.14. The van der Waals surface area contributed by atoms with Crippen LogP contribution >= 0.6 is 0 Å². The molecule has 6 nitrogen and oxygen atoms in total. The molecule has 64 heavy (non-hydrogen) atoms. The van der Waals surface area contributed by atoms with Crippen LogP contribution in [-0.4, -0.2) is 28.7 Å². The van der Waals surface area contributed by atoms with Crippen LogP contribution in [0.2, 0.25) is 0 Å². The maximum Gasteiger partial charge on any atom is 0.164 e. The summed E-state index contributed by atoms with van der Waals surface area (Å²) in [7, 11) is 0. The Labute approximate surface area is 368 Å². The Morgan fingerprint density at radius 1 is 0.281 bits per heavy atom. The fourth-order valence-corrected chi connectivity index (χ4v) is 9.92. The van der Waals surface area contributed by atoms with Gasteiger partial charge in [0.25, 0.3) is 0 Å². The lowest BCUT2D eigenvalue weighted by Crippen LogP contribution is -2.00. The molecule has 300 valence electrons. The van der Waals surface area contributed by atoms with Crippen LogP contribution in [0.4, 0.5) is 0 Å². The summed E-state index contributed by atoms with van der Waals surface area (Å²) in [6.45, 7) is 2.15. The number of hydrogen-bond donors (Lipinski definition) is 0. The van der Waals surface area contributed by atoms with E-state index in [4.69, 9.17) is 15.0 Å². The van der Waals surface area contributed by atoms with Crippen molar-refractivity contribution in [2.75, 3.05) is 0 Å². The summed E-state index contributed by atoms with van der Waals surface area (Å²) in [5.74, 6) is 1.90. The summed E-state index contributed by atoms with van der Waals surface area (Å²) in [5, 5.41) is 7.27. The van der Waals surface area contributed by atoms with Crippen LogP contribution in [0.5, 0.6) is 0 Å². The maximum absolute atomic E-state index is 5.06. The zero-order valence-electron chi connectivity index (χ0n) is 34.9. The van der Waals surface area contributed by atoms with Gasteiger partial charge in [0, 0.05) is 66.1 Å². The van der Waals surface area contributed by atoms with Gasteiger partial charge in [-0.2, -0.15) is 0 Å². The Morgan fingerprint density at radius 2 is 0.578 bits per heavy atom. The number of nitrogens with zero attached hydrogens (tertiary/aromatic N) is 6. The molecule has 0 N–H and O–H groups in total. The van der Waals surface area contributed by atoms with Crippen LogP contribution in [0.25, 0.3) is 117 Å². The average Bonchev–Trinajstić information content (AvgIpc) is 4.01. The first-order chi connectivity index (χ1) is 31.7. The predicted octanol–water partition coefficient (Wildman–Crippen LogP) is 14.5. The van der Waals surface area contributed by atoms with E-state index >= 15 is 0 Å². The van der Waals surface area contributed by atoms with Gasteiger partial charge in [-0.05, 0) is 73.7 Å². The summed E-state index contributed by atoms with van der Waals surface area (Å²) in [5.41, 5.74) is 14.3. The number of aromatic nitrogens is 6. The molecule has 6 heteroatoms. The topological polar surface area (TPSA) is 53.5 Å². The first kappa shape index (κ1) is 36.1. The molecule has 0 aliphatic carbocycles. The number of rotatable bonds is 6. The smallest absolute Gasteiger partial charge is 0.164 e. The lowest BCUT2D eigenvalue weighted by molar-refractivity contribution is 1.07. The molecule has 0 saturated heterocycles. The Balaban J connectivity index is 1.16. The van der Waals surface area contributed by atoms with Gasteiger partial charge in [-0.25, -0.2) is 15.0 Å². The van der Waals surface area contributed by atoms with Gasteiger partial charge in [0.05, 0.1) is 33.1 Å². The van der Waals surface area contributed by atoms with Gasteiger partial charge in [0.1, 0.15) is 0 Å². The standard InChI is InChI=1S/C58H38N6/c1-37-29-33-42(34-30-37)63-48-27-15-12-24-45(48)51-53-50(44-23-11-14-26-47(44)62(53)41-21-9-4-10-22-41)55-52(54(51)63)46-25-13-16-28-49(46)64(55)43-35-31-40(32-36-43)58-60-56(38-17-5-2-6-18-38)59-57(61-58)39-19-7-3-8-20-39/h2-36H,1H3. The summed E-state index contributed by atoms with van der Waals surface area (Å²) < 4.78 is 7.46. The van der Waals surface area contributed by atoms with Crippen LogP contribution in [0.15, 0.2) is 212 Å². The summed E-state index contributed by atoms with van der Waals surface area (Å²) in [6, 6.07) is 75.5. The Kier molecular flexibility index (Phi) is 8.02. The molecule has 0 aliphatic heterocycles. The molecule has 0 amide bonds. The third kappa shape index (κ3) is 5.42. The van der Waals surface area contributed by atoms with E-state index < -0.39 is 0 Å². The minimum Gasteiger partial charge on any atom is -0.308 e. The molecule has 0 radical (unpaired) electrons. The van der Waals surface area contributed by atoms with Crippen molar-refractivity contribution in [3.63, 3.8) is 0 Å². The fourth-order valence-electron chi connectivity index (χ4n) is 9.92. The second-order valence-corrected chi connectivity index (χ2v) is 16.5. The first-order valence-electron chi connectivity index (χ1n) is 21.7. The molecule has 0 bridgehead atoms. The minimum absolute atomic E-state index is 0.624. The van der Waals surface area contributed by atoms with Crippen molar-refractivity contribution in [2.24, 2.45) is 0 Å². The molecule has 0 spiro atoms. The van der Waals surface area contributed by atoms with Crippen molar-refractivity contribution in [2.45, 2.75) is 6.92 Å². The molecule has 0 fully saturated rings. The van der Waals surface area contributed by atoms with E-state index in [9.17, 15) is 0 Å². The van der Waals surface area contributed by atoms with Gasteiger partial charge in [-0.1, -0.05) is 151 Å². The van der Waals surface area contributed by atoms with E-state index in [2.05, 4.69) is 172 Å². The molecule has 0 atom stereocenters. The quantitative estimate of drug-likeness (QED) is 0.168. The minimum atomic E-state index is 0.624. The van der Waals surface area contributed by atoms with Crippen molar-refractivity contribution in [1.29, 1.82) is 0 Å². The maximum atomic E-state index is 5.06. The zero-order chi connectivity index (χ0) is 42.3. The van der Waals surface area contributed by atoms with Crippen LogP contribution in [0, 0.1) is 6.92 Å². The molecule has 13 aromatic rings. The number of hydrogen-bond acceptors (Lipinski definition) is 3. The van der Waals surface area contributed by atoms with Gasteiger partial charge in [-0.15, -0.1) is 0 Å². The van der Waals surface area contributed by atoms with Crippen LogP contribution in [0.3, 0.4) is 0 Å². The number of para-hydroxylation sites is 4. The molecular formula is C58H38N6. The monoisotopic (exact) mass is 818 g/mol. The van der Waals surface area contributed by atoms with E-state index in [1.807, 2.05) is 60.7 Å². The zero-order valence-corrected chi connectivity index (χ0v) is 34.9. The first-order valence-corrected chi connectivity index (χ1v) is 21.7. The summed E-state index contributed by atoms with van der Waals surface area (Å²) in [6.07, 6.45) is 0. The van der Waals surface area contributed by atoms with Gasteiger partial charge < -0.3 is 13.7 Å². The Bertz CT molecular complexity index is 3860. The second kappa shape index (κ2) is 14.2. The van der Waals surface area contributed by atoms with Gasteiger partial charge in [0.15, 0.2) is 17.5 Å². The predicted molar refractivity (Wildman–Crippen MR) is 264 cm³/mol. The highest BCUT2D eigenvalue weighted by Gasteiger charge is 2.28. The van der Waals surface area contributed by atoms with Crippen molar-refractivity contribution < 1.29 is 0 Å². The van der Waals surface area contributed by atoms with E-state index in [0.29, 0.717) is 17.5 Å². The molecule has 0 aliphatic rings. The highest BCUT2D eigenvalue weighted by atomic mass is 15.1. The van der Waals surface area contributed by atoms with E-state index in [0.717, 1.165) is 50.3 Å². The Morgan fingerprint density at radius 3 is 0.969 bits per heavy atom. The van der Waals surface area contributed by atoms with E-state index in [-0.39, 0.29) is 0 Å². The number of benzene rings is 9. The fraction of sp³-hybridized carbons (Fsp3) is 0.0172. The molecule has 4 heterocycles. The lowest BCUT2D eigenvalue weighted by atomic mass is 10.0. The molecule has 0 saturated carbocycles. The average molecular weight is 819 g/mol. The highest BCUT2D eigenvalue weighted by Crippen LogP contribution is 2.50. The Hall–Kier alpha value is -8.61. The molecule has 0 unspecified atom stereocenters. The normalized spacial score (nSPS) is 11.8. The third-order valence-corrected chi connectivity index (χ3v) is 12.7. The van der Waals surface area contributed by atoms with Crippen LogP contribution in [-0.2, 0) is 0 Å². The summed E-state index contributed by atoms with van der Waals surface area (Å²) >= 11 is 0. The number of aryl methyl sites for hydroxylation is 1. The van der Waals surface area contributed by atoms with E-state index in [1.54, 1.807) is 0 Å². The molecule has 4 aromatic heterocycles. The van der Waals surface area contributed by atoms with Gasteiger partial charge >= 0.3 is 0 Å². The second-order valence-electron chi connectivity index (χ2n) is 16.5. The SMILES string of the molecule is Cc1ccc(-n2c3ccccc3c3c4c(c5ccccc5n4-c4ccccc4)c4c(c5ccccc5n4-c4ccc(-c5nc(-c6ccccc6)nc(-c6ccccc6)n5)cc4)c32)cc1. The van der Waals surface area contributed by atoms with Crippen molar-refractivity contribution in [1.82, 2.24) is 28.7 Å². The van der Waals surface area contributed by atoms with E-state index in [1.165, 1.54) is 54.4 Å². The van der Waals surface area contributed by atoms with Crippen molar-refractivity contribution in [3.8, 4) is 51.2 Å². The van der Waals surface area contributed by atoms with Gasteiger partial charge in [-0.3, -0.25) is 0 Å². The molecule has 13 rings (SSSR count). The van der Waals surface area contributed by atoms with Crippen molar-refractivity contribution >= 4 is 65.4 Å². The van der Waals surface area contributed by atoms with Crippen LogP contribution in [0.1, 0.15) is 5.56 Å². The largest absolute Gasteiger partial charge is 0.308 e. The van der Waals surface area contributed by atoms with Crippen molar-refractivity contribution in [3.05, 3.63) is 218 Å². The van der Waals surface area contributed by atoms with Crippen LogP contribution < -0.4 is 0 Å². The van der Waals surface area contributed by atoms with Gasteiger partial charge in [0.2, 0.25) is 0 Å².